The van der Waals surface area contributed by atoms with E-state index in [1.807, 2.05) is 18.2 Å². The number of nitrogens with one attached hydrogen (secondary N) is 1. The fourth-order valence-corrected chi connectivity index (χ4v) is 2.48. The summed E-state index contributed by atoms with van der Waals surface area (Å²) in [4.78, 5) is 38.2. The average Bonchev–Trinajstić information content (AvgIpc) is 2.80. The number of carboxylic acid groups (broad SMARTS) is 1. The van der Waals surface area contributed by atoms with E-state index in [9.17, 15) is 14.4 Å². The Balaban J connectivity index is 1.85. The lowest BCUT2D eigenvalue weighted by atomic mass is 10.2. The molecule has 2 N–H and O–H groups in total. The Morgan fingerprint density at radius 3 is 2.35 bits per heavy atom. The smallest absolute Gasteiger partial charge is 0.317 e. The van der Waals surface area contributed by atoms with E-state index in [0.717, 1.165) is 0 Å². The molecule has 1 heterocycles. The molecule has 0 bridgehead atoms. The van der Waals surface area contributed by atoms with Gasteiger partial charge in [0.15, 0.2) is 0 Å². The van der Waals surface area contributed by atoms with Crippen molar-refractivity contribution in [2.24, 2.45) is 0 Å². The van der Waals surface area contributed by atoms with Crippen molar-refractivity contribution in [2.75, 3.05) is 32.7 Å². The van der Waals surface area contributed by atoms with Gasteiger partial charge in [-0.05, 0) is 18.6 Å². The van der Waals surface area contributed by atoms with Gasteiger partial charge in [0.05, 0.1) is 6.42 Å². The number of urea groups is 1. The number of hydrogen-bond acceptors (Lipinski definition) is 3. The molecule has 7 heteroatoms. The van der Waals surface area contributed by atoms with Gasteiger partial charge in [-0.3, -0.25) is 9.59 Å². The molecule has 7 nitrogen and oxygen atoms in total. The Labute approximate surface area is 134 Å². The largest absolute Gasteiger partial charge is 0.481 e. The summed E-state index contributed by atoms with van der Waals surface area (Å²) in [6.07, 6.45) is 0.600. The minimum Gasteiger partial charge on any atom is -0.481 e. The van der Waals surface area contributed by atoms with Crippen molar-refractivity contribution in [1.82, 2.24) is 15.1 Å². The van der Waals surface area contributed by atoms with Crippen LogP contribution in [0.3, 0.4) is 0 Å². The second-order valence-electron chi connectivity index (χ2n) is 5.37. The van der Waals surface area contributed by atoms with Crippen LogP contribution in [0, 0.1) is 0 Å². The van der Waals surface area contributed by atoms with Crippen LogP contribution in [-0.4, -0.2) is 65.5 Å². The molecule has 1 aromatic carbocycles. The minimum atomic E-state index is -0.944. The number of amides is 3. The third-order valence-electron chi connectivity index (χ3n) is 3.71. The van der Waals surface area contributed by atoms with Gasteiger partial charge in [0.2, 0.25) is 0 Å². The zero-order valence-electron chi connectivity index (χ0n) is 12.9. The van der Waals surface area contributed by atoms with Gasteiger partial charge in [-0.1, -0.05) is 18.2 Å². The zero-order valence-corrected chi connectivity index (χ0v) is 12.9. The van der Waals surface area contributed by atoms with Crippen LogP contribution in [0.15, 0.2) is 30.3 Å². The summed E-state index contributed by atoms with van der Waals surface area (Å²) >= 11 is 0. The van der Waals surface area contributed by atoms with E-state index in [2.05, 4.69) is 5.32 Å². The maximum atomic E-state index is 12.4. The van der Waals surface area contributed by atoms with E-state index in [1.165, 1.54) is 0 Å². The number of nitrogens with zero attached hydrogens (tertiary/aromatic N) is 2. The number of carbonyl (C=O) groups excluding carboxylic acids is 2. The Morgan fingerprint density at radius 1 is 1.00 bits per heavy atom. The fourth-order valence-electron chi connectivity index (χ4n) is 2.48. The Morgan fingerprint density at radius 2 is 1.65 bits per heavy atom. The molecule has 1 aliphatic rings. The van der Waals surface area contributed by atoms with Gasteiger partial charge in [-0.2, -0.15) is 0 Å². The molecule has 0 unspecified atom stereocenters. The lowest BCUT2D eigenvalue weighted by molar-refractivity contribution is -0.136. The SMILES string of the molecule is O=C(O)CCNC(=O)N1CCCN(C(=O)c2ccccc2)CC1. The molecule has 0 radical (unpaired) electrons. The van der Waals surface area contributed by atoms with Crippen LogP contribution in [0.4, 0.5) is 4.79 Å². The van der Waals surface area contributed by atoms with E-state index < -0.39 is 5.97 Å². The van der Waals surface area contributed by atoms with Gasteiger partial charge in [-0.15, -0.1) is 0 Å². The first-order chi connectivity index (χ1) is 11.1. The monoisotopic (exact) mass is 319 g/mol. The van der Waals surface area contributed by atoms with Gasteiger partial charge >= 0.3 is 12.0 Å². The summed E-state index contributed by atoms with van der Waals surface area (Å²) in [6.45, 7) is 2.18. The summed E-state index contributed by atoms with van der Waals surface area (Å²) in [5.41, 5.74) is 0.645. The predicted molar refractivity (Wildman–Crippen MR) is 84.2 cm³/mol. The molecule has 0 spiro atoms. The molecule has 0 atom stereocenters. The molecule has 23 heavy (non-hydrogen) atoms. The summed E-state index contributed by atoms with van der Waals surface area (Å²) in [5, 5.41) is 11.2. The summed E-state index contributed by atoms with van der Waals surface area (Å²) < 4.78 is 0. The van der Waals surface area contributed by atoms with Gasteiger partial charge in [-0.25, -0.2) is 4.79 Å². The quantitative estimate of drug-likeness (QED) is 0.867. The molecule has 0 saturated carbocycles. The van der Waals surface area contributed by atoms with Crippen molar-refractivity contribution in [1.29, 1.82) is 0 Å². The highest BCUT2D eigenvalue weighted by Crippen LogP contribution is 2.09. The average molecular weight is 319 g/mol. The van der Waals surface area contributed by atoms with E-state index in [1.54, 1.807) is 21.9 Å². The van der Waals surface area contributed by atoms with Crippen LogP contribution < -0.4 is 5.32 Å². The lowest BCUT2D eigenvalue weighted by Crippen LogP contribution is -2.43. The highest BCUT2D eigenvalue weighted by atomic mass is 16.4. The fraction of sp³-hybridized carbons (Fsp3) is 0.438. The molecule has 124 valence electrons. The van der Waals surface area contributed by atoms with Crippen LogP contribution in [0.2, 0.25) is 0 Å². The Bertz CT molecular complexity index is 562. The van der Waals surface area contributed by atoms with Crippen molar-refractivity contribution in [3.05, 3.63) is 35.9 Å². The molecule has 1 aromatic rings. The molecule has 1 aliphatic heterocycles. The van der Waals surface area contributed by atoms with Gasteiger partial charge in [0.1, 0.15) is 0 Å². The molecule has 2 rings (SSSR count). The van der Waals surface area contributed by atoms with Crippen LogP contribution in [0.5, 0.6) is 0 Å². The first-order valence-electron chi connectivity index (χ1n) is 7.67. The van der Waals surface area contributed by atoms with Crippen LogP contribution in [0.1, 0.15) is 23.2 Å². The standard InChI is InChI=1S/C16H21N3O4/c20-14(21)7-8-17-16(23)19-10-4-9-18(11-12-19)15(22)13-5-2-1-3-6-13/h1-3,5-6H,4,7-12H2,(H,17,23)(H,20,21). The van der Waals surface area contributed by atoms with Crippen molar-refractivity contribution in [3.63, 3.8) is 0 Å². The third-order valence-corrected chi connectivity index (χ3v) is 3.71. The summed E-state index contributed by atoms with van der Waals surface area (Å²) in [6, 6.07) is 8.80. The third kappa shape index (κ3) is 4.98. The number of carbonyl (C=O) groups is 3. The summed E-state index contributed by atoms with van der Waals surface area (Å²) in [5.74, 6) is -0.973. The van der Waals surface area contributed by atoms with Crippen LogP contribution in [0.25, 0.3) is 0 Å². The molecule has 3 amide bonds. The molecule has 0 aromatic heterocycles. The molecular weight excluding hydrogens is 298 g/mol. The van der Waals surface area contributed by atoms with E-state index >= 15 is 0 Å². The van der Waals surface area contributed by atoms with Crippen molar-refractivity contribution in [2.45, 2.75) is 12.8 Å². The zero-order chi connectivity index (χ0) is 16.7. The van der Waals surface area contributed by atoms with Gasteiger partial charge in [0, 0.05) is 38.3 Å². The molecule has 1 saturated heterocycles. The number of hydrogen-bond donors (Lipinski definition) is 2. The van der Waals surface area contributed by atoms with Crippen LogP contribution >= 0.6 is 0 Å². The Hall–Kier alpha value is -2.57. The predicted octanol–water partition coefficient (Wildman–Crippen LogP) is 1.02. The molecule has 1 fully saturated rings. The molecular formula is C16H21N3O4. The van der Waals surface area contributed by atoms with Crippen molar-refractivity contribution >= 4 is 17.9 Å². The number of aliphatic carboxylic acids is 1. The maximum absolute atomic E-state index is 12.4. The Kier molecular flexibility index (Phi) is 5.96. The number of carboxylic acids is 1. The number of rotatable bonds is 4. The maximum Gasteiger partial charge on any atom is 0.317 e. The van der Waals surface area contributed by atoms with E-state index in [-0.39, 0.29) is 24.9 Å². The summed E-state index contributed by atoms with van der Waals surface area (Å²) in [7, 11) is 0. The van der Waals surface area contributed by atoms with Gasteiger partial charge in [0.25, 0.3) is 5.91 Å². The second-order valence-corrected chi connectivity index (χ2v) is 5.37. The van der Waals surface area contributed by atoms with Crippen LogP contribution in [-0.2, 0) is 4.79 Å². The van der Waals surface area contributed by atoms with E-state index in [0.29, 0.717) is 38.2 Å². The molecule has 0 aliphatic carbocycles. The topological polar surface area (TPSA) is 89.9 Å². The second kappa shape index (κ2) is 8.17. The van der Waals surface area contributed by atoms with Crippen molar-refractivity contribution < 1.29 is 19.5 Å². The first-order valence-corrected chi connectivity index (χ1v) is 7.67. The van der Waals surface area contributed by atoms with Gasteiger partial charge < -0.3 is 20.2 Å². The van der Waals surface area contributed by atoms with E-state index in [4.69, 9.17) is 5.11 Å². The van der Waals surface area contributed by atoms with Crippen molar-refractivity contribution in [3.8, 4) is 0 Å². The minimum absolute atomic E-state index is 0.0289. The number of benzene rings is 1. The lowest BCUT2D eigenvalue weighted by Gasteiger charge is -2.22. The highest BCUT2D eigenvalue weighted by Gasteiger charge is 2.22. The highest BCUT2D eigenvalue weighted by molar-refractivity contribution is 5.94. The normalized spacial score (nSPS) is 15.0. The first kappa shape index (κ1) is 16.8.